The van der Waals surface area contributed by atoms with Crippen molar-refractivity contribution >= 4 is 11.7 Å². The summed E-state index contributed by atoms with van der Waals surface area (Å²) in [5.41, 5.74) is 0. The van der Waals surface area contributed by atoms with Gasteiger partial charge >= 0.3 is 0 Å². The van der Waals surface area contributed by atoms with Crippen molar-refractivity contribution in [3.05, 3.63) is 0 Å². The Kier molecular flexibility index (Phi) is 2.04. The lowest BCUT2D eigenvalue weighted by Crippen LogP contribution is -2.29. The van der Waals surface area contributed by atoms with Crippen molar-refractivity contribution in [1.29, 1.82) is 0 Å². The SMILES string of the molecule is CC(=O)N(C)C1=NCCC1. The molecule has 1 amide bonds. The average molecular weight is 140 g/mol. The van der Waals surface area contributed by atoms with E-state index in [1.54, 1.807) is 18.9 Å². The van der Waals surface area contributed by atoms with Crippen LogP contribution in [0.1, 0.15) is 19.8 Å². The Morgan fingerprint density at radius 3 is 2.80 bits per heavy atom. The molecule has 3 nitrogen and oxygen atoms in total. The van der Waals surface area contributed by atoms with Crippen LogP contribution in [0.2, 0.25) is 0 Å². The topological polar surface area (TPSA) is 32.7 Å². The molecule has 0 aromatic carbocycles. The highest BCUT2D eigenvalue weighted by atomic mass is 16.2. The second kappa shape index (κ2) is 2.82. The third-order valence-corrected chi connectivity index (χ3v) is 1.71. The van der Waals surface area contributed by atoms with Gasteiger partial charge in [0.25, 0.3) is 0 Å². The van der Waals surface area contributed by atoms with Crippen LogP contribution in [-0.4, -0.2) is 30.2 Å². The van der Waals surface area contributed by atoms with Crippen molar-refractivity contribution in [2.75, 3.05) is 13.6 Å². The Hall–Kier alpha value is -0.860. The Morgan fingerprint density at radius 1 is 1.70 bits per heavy atom. The lowest BCUT2D eigenvalue weighted by Gasteiger charge is -2.13. The molecule has 0 unspecified atom stereocenters. The quantitative estimate of drug-likeness (QED) is 0.486. The van der Waals surface area contributed by atoms with E-state index >= 15 is 0 Å². The molecule has 0 N–H and O–H groups in total. The molecule has 1 aliphatic heterocycles. The van der Waals surface area contributed by atoms with Crippen LogP contribution in [0.15, 0.2) is 4.99 Å². The largest absolute Gasteiger partial charge is 0.304 e. The van der Waals surface area contributed by atoms with E-state index in [9.17, 15) is 4.79 Å². The summed E-state index contributed by atoms with van der Waals surface area (Å²) in [6.45, 7) is 2.44. The van der Waals surface area contributed by atoms with Crippen molar-refractivity contribution in [2.24, 2.45) is 4.99 Å². The minimum Gasteiger partial charge on any atom is -0.304 e. The summed E-state index contributed by atoms with van der Waals surface area (Å²) in [7, 11) is 1.77. The molecule has 0 radical (unpaired) electrons. The van der Waals surface area contributed by atoms with E-state index in [2.05, 4.69) is 4.99 Å². The molecule has 56 valence electrons. The fraction of sp³-hybridized carbons (Fsp3) is 0.714. The monoisotopic (exact) mass is 140 g/mol. The average Bonchev–Trinajstić information content (AvgIpc) is 2.36. The van der Waals surface area contributed by atoms with E-state index in [0.717, 1.165) is 25.2 Å². The van der Waals surface area contributed by atoms with Gasteiger partial charge in [0.2, 0.25) is 5.91 Å². The van der Waals surface area contributed by atoms with Gasteiger partial charge in [0, 0.05) is 26.9 Å². The van der Waals surface area contributed by atoms with Crippen molar-refractivity contribution in [3.8, 4) is 0 Å². The zero-order valence-corrected chi connectivity index (χ0v) is 6.42. The minimum atomic E-state index is 0.0700. The maximum atomic E-state index is 10.8. The summed E-state index contributed by atoms with van der Waals surface area (Å²) in [4.78, 5) is 16.6. The first kappa shape index (κ1) is 7.25. The first-order chi connectivity index (χ1) is 4.72. The highest BCUT2D eigenvalue weighted by Gasteiger charge is 2.13. The van der Waals surface area contributed by atoms with Crippen LogP contribution < -0.4 is 0 Å². The minimum absolute atomic E-state index is 0.0700. The first-order valence-corrected chi connectivity index (χ1v) is 3.49. The molecular formula is C7H12N2O. The molecule has 0 aliphatic carbocycles. The molecular weight excluding hydrogens is 128 g/mol. The molecule has 0 bridgehead atoms. The molecule has 1 heterocycles. The summed E-state index contributed by atoms with van der Waals surface area (Å²) >= 11 is 0. The fourth-order valence-corrected chi connectivity index (χ4v) is 0.980. The van der Waals surface area contributed by atoms with Crippen molar-refractivity contribution in [2.45, 2.75) is 19.8 Å². The molecule has 0 fully saturated rings. The van der Waals surface area contributed by atoms with E-state index in [1.165, 1.54) is 0 Å². The Balaban J connectivity index is 2.55. The summed E-state index contributed by atoms with van der Waals surface area (Å²) in [6, 6.07) is 0. The second-order valence-corrected chi connectivity index (χ2v) is 2.48. The number of carbonyl (C=O) groups excluding carboxylic acids is 1. The van der Waals surface area contributed by atoms with Gasteiger partial charge in [-0.3, -0.25) is 9.79 Å². The highest BCUT2D eigenvalue weighted by molar-refractivity contribution is 5.97. The van der Waals surface area contributed by atoms with Gasteiger partial charge in [-0.15, -0.1) is 0 Å². The number of rotatable bonds is 0. The summed E-state index contributed by atoms with van der Waals surface area (Å²) in [5, 5.41) is 0. The van der Waals surface area contributed by atoms with Gasteiger partial charge in [0.05, 0.1) is 0 Å². The van der Waals surface area contributed by atoms with Crippen LogP contribution in [0.4, 0.5) is 0 Å². The van der Waals surface area contributed by atoms with Crippen molar-refractivity contribution in [1.82, 2.24) is 4.90 Å². The molecule has 1 rings (SSSR count). The second-order valence-electron chi connectivity index (χ2n) is 2.48. The van der Waals surface area contributed by atoms with Crippen LogP contribution in [0.3, 0.4) is 0 Å². The van der Waals surface area contributed by atoms with E-state index in [0.29, 0.717) is 0 Å². The molecule has 0 saturated heterocycles. The molecule has 1 aliphatic rings. The van der Waals surface area contributed by atoms with Crippen LogP contribution >= 0.6 is 0 Å². The number of nitrogens with zero attached hydrogens (tertiary/aromatic N) is 2. The Bertz CT molecular complexity index is 174. The molecule has 10 heavy (non-hydrogen) atoms. The van der Waals surface area contributed by atoms with E-state index in [4.69, 9.17) is 0 Å². The normalized spacial score (nSPS) is 16.8. The zero-order valence-electron chi connectivity index (χ0n) is 6.42. The van der Waals surface area contributed by atoms with Crippen LogP contribution in [0.25, 0.3) is 0 Å². The predicted octanol–water partition coefficient (Wildman–Crippen LogP) is 0.657. The van der Waals surface area contributed by atoms with Gasteiger partial charge in [0.15, 0.2) is 0 Å². The molecule has 0 saturated carbocycles. The maximum Gasteiger partial charge on any atom is 0.224 e. The summed E-state index contributed by atoms with van der Waals surface area (Å²) in [5.74, 6) is 1.01. The van der Waals surface area contributed by atoms with Crippen LogP contribution in [-0.2, 0) is 4.79 Å². The number of hydrogen-bond acceptors (Lipinski definition) is 2. The lowest BCUT2D eigenvalue weighted by molar-refractivity contribution is -0.124. The molecule has 0 spiro atoms. The van der Waals surface area contributed by atoms with E-state index in [1.807, 2.05) is 0 Å². The van der Waals surface area contributed by atoms with Gasteiger partial charge in [-0.05, 0) is 6.42 Å². The number of hydrogen-bond donors (Lipinski definition) is 0. The maximum absolute atomic E-state index is 10.8. The third kappa shape index (κ3) is 1.35. The number of carbonyl (C=O) groups is 1. The number of amidine groups is 1. The van der Waals surface area contributed by atoms with Gasteiger partial charge < -0.3 is 4.90 Å². The third-order valence-electron chi connectivity index (χ3n) is 1.71. The van der Waals surface area contributed by atoms with Crippen molar-refractivity contribution < 1.29 is 4.79 Å². The van der Waals surface area contributed by atoms with Gasteiger partial charge in [-0.1, -0.05) is 0 Å². The number of aliphatic imine (C=N–C) groups is 1. The fourth-order valence-electron chi connectivity index (χ4n) is 0.980. The number of amides is 1. The van der Waals surface area contributed by atoms with E-state index in [-0.39, 0.29) is 5.91 Å². The van der Waals surface area contributed by atoms with Gasteiger partial charge in [-0.2, -0.15) is 0 Å². The van der Waals surface area contributed by atoms with Crippen LogP contribution in [0, 0.1) is 0 Å². The first-order valence-electron chi connectivity index (χ1n) is 3.49. The molecule has 0 aromatic heterocycles. The standard InChI is InChI=1S/C7H12N2O/c1-6(10)9(2)7-4-3-5-8-7/h3-5H2,1-2H3. The predicted molar refractivity (Wildman–Crippen MR) is 40.0 cm³/mol. The van der Waals surface area contributed by atoms with Gasteiger partial charge in [-0.25, -0.2) is 0 Å². The molecule has 3 heteroatoms. The molecule has 0 aromatic rings. The smallest absolute Gasteiger partial charge is 0.224 e. The van der Waals surface area contributed by atoms with Crippen LogP contribution in [0.5, 0.6) is 0 Å². The lowest BCUT2D eigenvalue weighted by atomic mass is 10.3. The Morgan fingerprint density at radius 2 is 2.40 bits per heavy atom. The zero-order chi connectivity index (χ0) is 7.56. The van der Waals surface area contributed by atoms with Gasteiger partial charge in [0.1, 0.15) is 5.84 Å². The van der Waals surface area contributed by atoms with Crippen molar-refractivity contribution in [3.63, 3.8) is 0 Å². The summed E-state index contributed by atoms with van der Waals surface area (Å²) < 4.78 is 0. The summed E-state index contributed by atoms with van der Waals surface area (Å²) in [6.07, 6.45) is 2.04. The Labute approximate surface area is 60.7 Å². The molecule has 0 atom stereocenters. The van der Waals surface area contributed by atoms with E-state index < -0.39 is 0 Å². The highest BCUT2D eigenvalue weighted by Crippen LogP contribution is 2.06.